The number of nitrogens with one attached hydrogen (secondary N) is 1. The van der Waals surface area contributed by atoms with Gasteiger partial charge in [-0.15, -0.1) is 0 Å². The van der Waals surface area contributed by atoms with Crippen LogP contribution in [0.2, 0.25) is 0 Å². The lowest BCUT2D eigenvalue weighted by Gasteiger charge is -2.05. The number of aromatic nitrogens is 2. The van der Waals surface area contributed by atoms with Crippen molar-refractivity contribution in [2.24, 2.45) is 0 Å². The van der Waals surface area contributed by atoms with Gasteiger partial charge in [-0.3, -0.25) is 10.1 Å². The standard InChI is InChI=1S/C20H15N3O3S/c1-25-16-8-5-11-21-18(16)19(24)23-20-22-15-10-9-14(12-17(15)27-20)26-13-6-3-2-4-7-13/h2-12H,1H3,(H,22,23,24). The van der Waals surface area contributed by atoms with Crippen LogP contribution in [0.5, 0.6) is 17.2 Å². The van der Waals surface area contributed by atoms with Gasteiger partial charge in [0.1, 0.15) is 17.2 Å². The smallest absolute Gasteiger partial charge is 0.279 e. The topological polar surface area (TPSA) is 73.3 Å². The number of amides is 1. The van der Waals surface area contributed by atoms with E-state index in [4.69, 9.17) is 9.47 Å². The number of ether oxygens (including phenoxy) is 2. The number of benzene rings is 2. The summed E-state index contributed by atoms with van der Waals surface area (Å²) in [6.07, 6.45) is 1.54. The number of pyridine rings is 1. The second kappa shape index (κ2) is 7.43. The van der Waals surface area contributed by atoms with E-state index in [1.165, 1.54) is 18.4 Å². The number of para-hydroxylation sites is 1. The Morgan fingerprint density at radius 3 is 2.70 bits per heavy atom. The number of carbonyl (C=O) groups is 1. The molecule has 0 aliphatic heterocycles. The molecule has 0 fully saturated rings. The lowest BCUT2D eigenvalue weighted by Crippen LogP contribution is -2.14. The molecule has 0 saturated carbocycles. The number of nitrogens with zero attached hydrogens (tertiary/aromatic N) is 2. The highest BCUT2D eigenvalue weighted by Crippen LogP contribution is 2.31. The van der Waals surface area contributed by atoms with Crippen LogP contribution >= 0.6 is 11.3 Å². The first-order valence-corrected chi connectivity index (χ1v) is 8.98. The molecule has 7 heteroatoms. The van der Waals surface area contributed by atoms with Crippen molar-refractivity contribution >= 4 is 32.6 Å². The molecule has 1 N–H and O–H groups in total. The number of anilines is 1. The van der Waals surface area contributed by atoms with Crippen LogP contribution in [0.3, 0.4) is 0 Å². The van der Waals surface area contributed by atoms with E-state index >= 15 is 0 Å². The zero-order valence-electron chi connectivity index (χ0n) is 14.4. The SMILES string of the molecule is COc1cccnc1C(=O)Nc1nc2ccc(Oc3ccccc3)cc2s1. The van der Waals surface area contributed by atoms with Gasteiger partial charge in [0.05, 0.1) is 17.3 Å². The Hall–Kier alpha value is -3.45. The Morgan fingerprint density at radius 1 is 1.04 bits per heavy atom. The average Bonchev–Trinajstić information content (AvgIpc) is 3.10. The number of hydrogen-bond donors (Lipinski definition) is 1. The van der Waals surface area contributed by atoms with Gasteiger partial charge in [-0.2, -0.15) is 0 Å². The number of carbonyl (C=O) groups excluding carboxylic acids is 1. The normalized spacial score (nSPS) is 10.6. The van der Waals surface area contributed by atoms with Crippen molar-refractivity contribution in [1.82, 2.24) is 9.97 Å². The minimum Gasteiger partial charge on any atom is -0.494 e. The molecule has 0 radical (unpaired) electrons. The second-order valence-electron chi connectivity index (χ2n) is 5.57. The predicted octanol–water partition coefficient (Wildman–Crippen LogP) is 4.74. The third kappa shape index (κ3) is 3.73. The molecule has 0 saturated heterocycles. The Labute approximate surface area is 159 Å². The molecule has 1 amide bonds. The lowest BCUT2D eigenvalue weighted by atomic mass is 10.3. The van der Waals surface area contributed by atoms with Crippen LogP contribution in [0.1, 0.15) is 10.5 Å². The highest BCUT2D eigenvalue weighted by Gasteiger charge is 2.15. The first-order chi connectivity index (χ1) is 13.2. The lowest BCUT2D eigenvalue weighted by molar-refractivity contribution is 0.101. The molecular weight excluding hydrogens is 362 g/mol. The fourth-order valence-electron chi connectivity index (χ4n) is 2.53. The molecule has 4 rings (SSSR count). The largest absolute Gasteiger partial charge is 0.494 e. The van der Waals surface area contributed by atoms with Crippen molar-refractivity contribution in [2.75, 3.05) is 12.4 Å². The molecule has 0 atom stereocenters. The van der Waals surface area contributed by atoms with Gasteiger partial charge in [0.2, 0.25) is 0 Å². The van der Waals surface area contributed by atoms with Crippen LogP contribution in [-0.4, -0.2) is 23.0 Å². The van der Waals surface area contributed by atoms with Gasteiger partial charge < -0.3 is 9.47 Å². The molecule has 134 valence electrons. The summed E-state index contributed by atoms with van der Waals surface area (Å²) in [5, 5.41) is 3.26. The maximum absolute atomic E-state index is 12.5. The summed E-state index contributed by atoms with van der Waals surface area (Å²) < 4.78 is 11.9. The monoisotopic (exact) mass is 377 g/mol. The number of rotatable bonds is 5. The number of thiazole rings is 1. The number of methoxy groups -OCH3 is 1. The third-order valence-electron chi connectivity index (χ3n) is 3.76. The van der Waals surface area contributed by atoms with Crippen LogP contribution in [0.15, 0.2) is 66.9 Å². The Balaban J connectivity index is 1.55. The van der Waals surface area contributed by atoms with Crippen molar-refractivity contribution in [2.45, 2.75) is 0 Å². The van der Waals surface area contributed by atoms with E-state index in [9.17, 15) is 4.79 Å². The van der Waals surface area contributed by atoms with Gasteiger partial charge in [0.25, 0.3) is 5.91 Å². The molecular formula is C20H15N3O3S. The zero-order valence-corrected chi connectivity index (χ0v) is 15.2. The second-order valence-corrected chi connectivity index (χ2v) is 6.60. The van der Waals surface area contributed by atoms with Crippen molar-refractivity contribution in [3.63, 3.8) is 0 Å². The van der Waals surface area contributed by atoms with E-state index in [-0.39, 0.29) is 11.6 Å². The molecule has 0 spiro atoms. The van der Waals surface area contributed by atoms with Crippen LogP contribution in [0.4, 0.5) is 5.13 Å². The Morgan fingerprint density at radius 2 is 1.89 bits per heavy atom. The van der Waals surface area contributed by atoms with Crippen molar-refractivity contribution < 1.29 is 14.3 Å². The highest BCUT2D eigenvalue weighted by atomic mass is 32.1. The van der Waals surface area contributed by atoms with Crippen LogP contribution < -0.4 is 14.8 Å². The first-order valence-electron chi connectivity index (χ1n) is 8.17. The molecule has 4 aromatic rings. The van der Waals surface area contributed by atoms with Gasteiger partial charge >= 0.3 is 0 Å². The molecule has 27 heavy (non-hydrogen) atoms. The maximum atomic E-state index is 12.5. The Bertz CT molecular complexity index is 1100. The molecule has 2 heterocycles. The molecule has 0 aliphatic carbocycles. The van der Waals surface area contributed by atoms with Crippen LogP contribution in [-0.2, 0) is 0 Å². The van der Waals surface area contributed by atoms with Gasteiger partial charge in [-0.1, -0.05) is 29.5 Å². The highest BCUT2D eigenvalue weighted by molar-refractivity contribution is 7.22. The molecule has 0 bridgehead atoms. The van der Waals surface area contributed by atoms with E-state index in [0.717, 1.165) is 16.0 Å². The fraction of sp³-hybridized carbons (Fsp3) is 0.0500. The minimum absolute atomic E-state index is 0.215. The molecule has 2 aromatic carbocycles. The number of hydrogen-bond acceptors (Lipinski definition) is 6. The van der Waals surface area contributed by atoms with Crippen LogP contribution in [0.25, 0.3) is 10.2 Å². The summed E-state index contributed by atoms with van der Waals surface area (Å²) in [6, 6.07) is 18.6. The maximum Gasteiger partial charge on any atom is 0.279 e. The zero-order chi connectivity index (χ0) is 18.6. The van der Waals surface area contributed by atoms with Crippen molar-refractivity contribution in [3.8, 4) is 17.2 Å². The van der Waals surface area contributed by atoms with E-state index in [0.29, 0.717) is 16.6 Å². The summed E-state index contributed by atoms with van der Waals surface area (Å²) in [6.45, 7) is 0. The molecule has 6 nitrogen and oxygen atoms in total. The summed E-state index contributed by atoms with van der Waals surface area (Å²) in [5.74, 6) is 1.51. The van der Waals surface area contributed by atoms with E-state index < -0.39 is 0 Å². The minimum atomic E-state index is -0.368. The average molecular weight is 377 g/mol. The van der Waals surface area contributed by atoms with E-state index in [2.05, 4.69) is 15.3 Å². The summed E-state index contributed by atoms with van der Waals surface area (Å²) >= 11 is 1.37. The van der Waals surface area contributed by atoms with Crippen molar-refractivity contribution in [1.29, 1.82) is 0 Å². The van der Waals surface area contributed by atoms with E-state index in [1.807, 2.05) is 48.5 Å². The molecule has 0 aliphatic rings. The van der Waals surface area contributed by atoms with Crippen molar-refractivity contribution in [3.05, 3.63) is 72.6 Å². The summed E-state index contributed by atoms with van der Waals surface area (Å²) in [5.41, 5.74) is 0.996. The first kappa shape index (κ1) is 17.0. The Kier molecular flexibility index (Phi) is 4.67. The summed E-state index contributed by atoms with van der Waals surface area (Å²) in [7, 11) is 1.50. The molecule has 2 aromatic heterocycles. The molecule has 0 unspecified atom stereocenters. The van der Waals surface area contributed by atoms with Gasteiger partial charge in [0.15, 0.2) is 10.8 Å². The van der Waals surface area contributed by atoms with Gasteiger partial charge in [-0.25, -0.2) is 9.97 Å². The number of fused-ring (bicyclic) bond motifs is 1. The van der Waals surface area contributed by atoms with Crippen LogP contribution in [0, 0.1) is 0 Å². The van der Waals surface area contributed by atoms with Gasteiger partial charge in [-0.05, 0) is 36.4 Å². The fourth-order valence-corrected chi connectivity index (χ4v) is 3.42. The van der Waals surface area contributed by atoms with Gasteiger partial charge in [0, 0.05) is 12.3 Å². The third-order valence-corrected chi connectivity index (χ3v) is 4.70. The quantitative estimate of drug-likeness (QED) is 0.544. The summed E-state index contributed by atoms with van der Waals surface area (Å²) in [4.78, 5) is 21.0. The van der Waals surface area contributed by atoms with E-state index in [1.54, 1.807) is 18.3 Å². The predicted molar refractivity (Wildman–Crippen MR) is 105 cm³/mol.